The first kappa shape index (κ1) is 30.9. The lowest BCUT2D eigenvalue weighted by Gasteiger charge is -2.35. The maximum absolute atomic E-state index is 13.2. The van der Waals surface area contributed by atoms with Crippen molar-refractivity contribution in [3.8, 4) is 0 Å². The summed E-state index contributed by atoms with van der Waals surface area (Å²) in [6.45, 7) is 8.61. The zero-order valence-corrected chi connectivity index (χ0v) is 24.5. The third-order valence-corrected chi connectivity index (χ3v) is 7.60. The van der Waals surface area contributed by atoms with Crippen LogP contribution in [0.4, 0.5) is 5.69 Å². The van der Waals surface area contributed by atoms with Gasteiger partial charge in [-0.05, 0) is 62.2 Å². The van der Waals surface area contributed by atoms with Gasteiger partial charge in [0.25, 0.3) is 5.91 Å². The summed E-state index contributed by atoms with van der Waals surface area (Å²) in [6.07, 6.45) is 0.999. The standard InChI is InChI=1S/C29H38ClN3O5S/c1-22(2)38-19-18-33(27(34)20-39-21-28(35)37-3)26-10-6-24(7-11-26)29(36)32-16-14-31(15-17-32)13-12-23-4-8-25(30)9-5-23/h4-11,22H,12-21H2,1-3H3. The Hall–Kier alpha value is -2.59. The lowest BCUT2D eigenvalue weighted by atomic mass is 10.1. The van der Waals surface area contributed by atoms with E-state index in [4.69, 9.17) is 16.3 Å². The minimum absolute atomic E-state index is 0.00597. The van der Waals surface area contributed by atoms with Gasteiger partial charge >= 0.3 is 5.97 Å². The number of thioether (sulfide) groups is 1. The van der Waals surface area contributed by atoms with Gasteiger partial charge in [0.15, 0.2) is 0 Å². The van der Waals surface area contributed by atoms with Crippen molar-refractivity contribution >= 4 is 46.8 Å². The number of rotatable bonds is 13. The van der Waals surface area contributed by atoms with E-state index in [1.807, 2.05) is 30.9 Å². The predicted molar refractivity (Wildman–Crippen MR) is 157 cm³/mol. The lowest BCUT2D eigenvalue weighted by Crippen LogP contribution is -2.49. The van der Waals surface area contributed by atoms with Gasteiger partial charge in [-0.1, -0.05) is 23.7 Å². The molecule has 8 nitrogen and oxygen atoms in total. The highest BCUT2D eigenvalue weighted by Crippen LogP contribution is 2.19. The Morgan fingerprint density at radius 3 is 2.26 bits per heavy atom. The molecule has 1 saturated heterocycles. The van der Waals surface area contributed by atoms with E-state index in [0.717, 1.165) is 31.1 Å². The summed E-state index contributed by atoms with van der Waals surface area (Å²) in [4.78, 5) is 43.4. The van der Waals surface area contributed by atoms with Crippen molar-refractivity contribution < 1.29 is 23.9 Å². The molecule has 0 spiro atoms. The maximum Gasteiger partial charge on any atom is 0.315 e. The number of benzene rings is 2. The quantitative estimate of drug-likeness (QED) is 0.334. The second-order valence-corrected chi connectivity index (χ2v) is 11.0. The van der Waals surface area contributed by atoms with Gasteiger partial charge in [0.1, 0.15) is 0 Å². The molecule has 10 heteroatoms. The molecule has 0 atom stereocenters. The summed E-state index contributed by atoms with van der Waals surface area (Å²) in [5, 5.41) is 0.744. The molecule has 0 saturated carbocycles. The predicted octanol–water partition coefficient (Wildman–Crippen LogP) is 4.00. The number of piperazine rings is 1. The molecule has 0 aliphatic carbocycles. The minimum Gasteiger partial charge on any atom is -0.468 e. The molecule has 2 amide bonds. The van der Waals surface area contributed by atoms with Crippen molar-refractivity contribution in [1.29, 1.82) is 0 Å². The molecule has 0 radical (unpaired) electrons. The van der Waals surface area contributed by atoms with Crippen molar-refractivity contribution in [3.05, 3.63) is 64.7 Å². The first-order valence-corrected chi connectivity index (χ1v) is 14.7. The molecule has 2 aromatic rings. The number of nitrogens with zero attached hydrogens (tertiary/aromatic N) is 3. The molecule has 0 bridgehead atoms. The summed E-state index contributed by atoms with van der Waals surface area (Å²) in [5.74, 6) is -0.258. The first-order valence-electron chi connectivity index (χ1n) is 13.2. The number of ether oxygens (including phenoxy) is 2. The number of halogens is 1. The van der Waals surface area contributed by atoms with Crippen LogP contribution in [0.15, 0.2) is 48.5 Å². The summed E-state index contributed by atoms with van der Waals surface area (Å²) in [6, 6.07) is 15.1. The summed E-state index contributed by atoms with van der Waals surface area (Å²) < 4.78 is 10.3. The number of hydrogen-bond donors (Lipinski definition) is 0. The number of anilines is 1. The van der Waals surface area contributed by atoms with Gasteiger partial charge in [-0.3, -0.25) is 19.3 Å². The molecular weight excluding hydrogens is 538 g/mol. The highest BCUT2D eigenvalue weighted by Gasteiger charge is 2.23. The van der Waals surface area contributed by atoms with E-state index >= 15 is 0 Å². The molecule has 1 heterocycles. The number of carbonyl (C=O) groups excluding carboxylic acids is 3. The third-order valence-electron chi connectivity index (χ3n) is 6.46. The third kappa shape index (κ3) is 10.1. The van der Waals surface area contributed by atoms with Gasteiger partial charge in [0, 0.05) is 55.5 Å². The normalized spacial score (nSPS) is 13.9. The fourth-order valence-corrected chi connectivity index (χ4v) is 5.06. The van der Waals surface area contributed by atoms with Gasteiger partial charge in [0.2, 0.25) is 5.91 Å². The van der Waals surface area contributed by atoms with Crippen molar-refractivity contribution in [2.24, 2.45) is 0 Å². The van der Waals surface area contributed by atoms with E-state index in [9.17, 15) is 14.4 Å². The average Bonchev–Trinajstić information content (AvgIpc) is 2.94. The smallest absolute Gasteiger partial charge is 0.315 e. The van der Waals surface area contributed by atoms with Gasteiger partial charge in [-0.15, -0.1) is 11.8 Å². The van der Waals surface area contributed by atoms with E-state index in [1.54, 1.807) is 29.2 Å². The minimum atomic E-state index is -0.368. The Morgan fingerprint density at radius 1 is 0.974 bits per heavy atom. The number of hydrogen-bond acceptors (Lipinski definition) is 7. The Kier molecular flexibility index (Phi) is 12.6. The Bertz CT molecular complexity index is 1070. The monoisotopic (exact) mass is 575 g/mol. The van der Waals surface area contributed by atoms with Crippen LogP contribution in [-0.4, -0.2) is 98.2 Å². The Balaban J connectivity index is 1.54. The van der Waals surface area contributed by atoms with Gasteiger partial charge < -0.3 is 19.3 Å². The Labute approximate surface area is 240 Å². The van der Waals surface area contributed by atoms with E-state index in [0.29, 0.717) is 37.5 Å². The Morgan fingerprint density at radius 2 is 1.64 bits per heavy atom. The second-order valence-electron chi connectivity index (χ2n) is 9.59. The lowest BCUT2D eigenvalue weighted by molar-refractivity contribution is -0.137. The van der Waals surface area contributed by atoms with Crippen LogP contribution in [0.2, 0.25) is 5.02 Å². The van der Waals surface area contributed by atoms with E-state index < -0.39 is 0 Å². The largest absolute Gasteiger partial charge is 0.468 e. The molecular formula is C29H38ClN3O5S. The van der Waals surface area contributed by atoms with Crippen molar-refractivity contribution in [3.63, 3.8) is 0 Å². The number of esters is 1. The molecule has 3 rings (SSSR count). The molecule has 39 heavy (non-hydrogen) atoms. The summed E-state index contributed by atoms with van der Waals surface area (Å²) in [7, 11) is 1.33. The van der Waals surface area contributed by atoms with Crippen molar-refractivity contribution in [1.82, 2.24) is 9.80 Å². The summed E-state index contributed by atoms with van der Waals surface area (Å²) >= 11 is 7.18. The van der Waals surface area contributed by atoms with Gasteiger partial charge in [-0.25, -0.2) is 0 Å². The second kappa shape index (κ2) is 15.9. The molecule has 2 aromatic carbocycles. The molecule has 1 aliphatic rings. The fraction of sp³-hybridized carbons (Fsp3) is 0.483. The van der Waals surface area contributed by atoms with Crippen LogP contribution in [-0.2, 0) is 25.5 Å². The van der Waals surface area contributed by atoms with Crippen LogP contribution < -0.4 is 4.90 Å². The highest BCUT2D eigenvalue weighted by molar-refractivity contribution is 8.00. The number of methoxy groups -OCH3 is 1. The number of amides is 2. The average molecular weight is 576 g/mol. The van der Waals surface area contributed by atoms with Crippen LogP contribution in [0.5, 0.6) is 0 Å². The van der Waals surface area contributed by atoms with Crippen molar-refractivity contribution in [2.75, 3.05) is 69.4 Å². The zero-order chi connectivity index (χ0) is 28.2. The van der Waals surface area contributed by atoms with Crippen molar-refractivity contribution in [2.45, 2.75) is 26.4 Å². The van der Waals surface area contributed by atoms with Crippen LogP contribution in [0.3, 0.4) is 0 Å². The number of carbonyl (C=O) groups is 3. The van der Waals surface area contributed by atoms with E-state index in [1.165, 1.54) is 24.4 Å². The fourth-order valence-electron chi connectivity index (χ4n) is 4.22. The van der Waals surface area contributed by atoms with E-state index in [2.05, 4.69) is 21.8 Å². The zero-order valence-electron chi connectivity index (χ0n) is 22.9. The maximum atomic E-state index is 13.2. The van der Waals surface area contributed by atoms with Crippen LogP contribution >= 0.6 is 23.4 Å². The molecule has 0 N–H and O–H groups in total. The van der Waals surface area contributed by atoms with Crippen LogP contribution in [0, 0.1) is 0 Å². The molecule has 212 valence electrons. The topological polar surface area (TPSA) is 79.4 Å². The molecule has 1 fully saturated rings. The van der Waals surface area contributed by atoms with E-state index in [-0.39, 0.29) is 35.4 Å². The van der Waals surface area contributed by atoms with Gasteiger partial charge in [0.05, 0.1) is 31.3 Å². The first-order chi connectivity index (χ1) is 18.8. The summed E-state index contributed by atoms with van der Waals surface area (Å²) in [5.41, 5.74) is 2.54. The molecule has 1 aliphatic heterocycles. The van der Waals surface area contributed by atoms with Crippen LogP contribution in [0.25, 0.3) is 0 Å². The SMILES string of the molecule is COC(=O)CSCC(=O)N(CCOC(C)C)c1ccc(C(=O)N2CCN(CCc3ccc(Cl)cc3)CC2)cc1. The highest BCUT2D eigenvalue weighted by atomic mass is 35.5. The molecule has 0 unspecified atom stereocenters. The molecule has 0 aromatic heterocycles. The van der Waals surface area contributed by atoms with Gasteiger partial charge in [-0.2, -0.15) is 0 Å². The van der Waals surface area contributed by atoms with Crippen LogP contribution in [0.1, 0.15) is 29.8 Å².